The highest BCUT2D eigenvalue weighted by molar-refractivity contribution is 5.92. The predicted octanol–water partition coefficient (Wildman–Crippen LogP) is 3.13. The predicted molar refractivity (Wildman–Crippen MR) is 103 cm³/mol. The molecule has 2 aromatic carbocycles. The van der Waals surface area contributed by atoms with E-state index in [4.69, 9.17) is 4.74 Å². The summed E-state index contributed by atoms with van der Waals surface area (Å²) in [5.74, 6) is 1.48. The van der Waals surface area contributed by atoms with E-state index in [0.717, 1.165) is 31.1 Å². The van der Waals surface area contributed by atoms with Crippen molar-refractivity contribution in [3.8, 4) is 11.5 Å². The van der Waals surface area contributed by atoms with Crippen LogP contribution in [-0.2, 0) is 4.79 Å². The molecule has 3 rings (SSSR count). The number of amides is 1. The average molecular weight is 362 g/mol. The Balaban J connectivity index is 0.00000225. The van der Waals surface area contributed by atoms with Gasteiger partial charge in [0.05, 0.1) is 6.54 Å². The van der Waals surface area contributed by atoms with Gasteiger partial charge in [0.25, 0.3) is 0 Å². The highest BCUT2D eigenvalue weighted by atomic mass is 35.5. The van der Waals surface area contributed by atoms with Crippen LogP contribution in [-0.4, -0.2) is 43.0 Å². The van der Waals surface area contributed by atoms with Gasteiger partial charge in [-0.25, -0.2) is 0 Å². The maximum atomic E-state index is 12.3. The number of carbonyl (C=O) groups is 1. The maximum Gasteiger partial charge on any atom is 0.238 e. The molecule has 0 unspecified atom stereocenters. The standard InChI is InChI=1S/C19H23N3O2.ClH/c1-15-13-20-10-11-22(15)14-19(23)21-16-6-5-9-18(12-16)24-17-7-3-2-4-8-17;/h2-9,12,15,20H,10-11,13-14H2,1H3,(H,21,23);1H/t15-;/m0./s1. The number of hydrogen-bond acceptors (Lipinski definition) is 4. The summed E-state index contributed by atoms with van der Waals surface area (Å²) in [5, 5.41) is 6.28. The van der Waals surface area contributed by atoms with Crippen LogP contribution in [0.1, 0.15) is 6.92 Å². The van der Waals surface area contributed by atoms with Gasteiger partial charge in [0.2, 0.25) is 5.91 Å². The van der Waals surface area contributed by atoms with Gasteiger partial charge in [0.15, 0.2) is 0 Å². The fourth-order valence-corrected chi connectivity index (χ4v) is 2.76. The lowest BCUT2D eigenvalue weighted by molar-refractivity contribution is -0.118. The summed E-state index contributed by atoms with van der Waals surface area (Å²) >= 11 is 0. The third kappa shape index (κ3) is 5.74. The normalized spacial score (nSPS) is 17.4. The van der Waals surface area contributed by atoms with Crippen molar-refractivity contribution in [1.82, 2.24) is 10.2 Å². The van der Waals surface area contributed by atoms with Gasteiger partial charge in [-0.1, -0.05) is 24.3 Å². The molecule has 0 radical (unpaired) electrons. The van der Waals surface area contributed by atoms with Crippen LogP contribution >= 0.6 is 12.4 Å². The van der Waals surface area contributed by atoms with Crippen LogP contribution in [0.3, 0.4) is 0 Å². The number of anilines is 1. The number of ether oxygens (including phenoxy) is 1. The molecule has 2 N–H and O–H groups in total. The van der Waals surface area contributed by atoms with Crippen LogP contribution in [0.15, 0.2) is 54.6 Å². The number of nitrogens with one attached hydrogen (secondary N) is 2. The zero-order chi connectivity index (χ0) is 16.8. The van der Waals surface area contributed by atoms with Gasteiger partial charge in [-0.05, 0) is 31.2 Å². The summed E-state index contributed by atoms with van der Waals surface area (Å²) in [7, 11) is 0. The van der Waals surface area contributed by atoms with Gasteiger partial charge in [-0.15, -0.1) is 12.4 Å². The molecule has 25 heavy (non-hydrogen) atoms. The molecule has 0 aromatic heterocycles. The SMILES string of the molecule is C[C@H]1CNCCN1CC(=O)Nc1cccc(Oc2ccccc2)c1.Cl. The molecule has 1 amide bonds. The van der Waals surface area contributed by atoms with Crippen molar-refractivity contribution < 1.29 is 9.53 Å². The summed E-state index contributed by atoms with van der Waals surface area (Å²) in [6, 6.07) is 17.4. The highest BCUT2D eigenvalue weighted by Gasteiger charge is 2.20. The second kappa shape index (κ2) is 9.42. The fourth-order valence-electron chi connectivity index (χ4n) is 2.76. The van der Waals surface area contributed by atoms with Crippen LogP contribution in [0.2, 0.25) is 0 Å². The summed E-state index contributed by atoms with van der Waals surface area (Å²) in [5.41, 5.74) is 0.746. The summed E-state index contributed by atoms with van der Waals surface area (Å²) in [6.45, 7) is 5.29. The number of piperazine rings is 1. The fraction of sp³-hybridized carbons (Fsp3) is 0.316. The minimum absolute atomic E-state index is 0. The molecule has 0 bridgehead atoms. The van der Waals surface area contributed by atoms with E-state index >= 15 is 0 Å². The van der Waals surface area contributed by atoms with Crippen LogP contribution < -0.4 is 15.4 Å². The molecule has 1 atom stereocenters. The minimum atomic E-state index is 0. The first-order valence-corrected chi connectivity index (χ1v) is 8.28. The number of para-hydroxylation sites is 1. The molecule has 1 fully saturated rings. The molecule has 6 heteroatoms. The first-order chi connectivity index (χ1) is 11.7. The second-order valence-corrected chi connectivity index (χ2v) is 6.01. The molecular formula is C19H24ClN3O2. The van der Waals surface area contributed by atoms with Crippen molar-refractivity contribution in [3.63, 3.8) is 0 Å². The topological polar surface area (TPSA) is 53.6 Å². The van der Waals surface area contributed by atoms with Crippen molar-refractivity contribution in [2.45, 2.75) is 13.0 Å². The number of halogens is 1. The monoisotopic (exact) mass is 361 g/mol. The number of carbonyl (C=O) groups excluding carboxylic acids is 1. The molecule has 0 spiro atoms. The lowest BCUT2D eigenvalue weighted by Crippen LogP contribution is -2.51. The van der Waals surface area contributed by atoms with Crippen molar-refractivity contribution in [2.24, 2.45) is 0 Å². The molecule has 1 aliphatic heterocycles. The van der Waals surface area contributed by atoms with Gasteiger partial charge in [0.1, 0.15) is 11.5 Å². The molecular weight excluding hydrogens is 338 g/mol. The van der Waals surface area contributed by atoms with E-state index in [1.54, 1.807) is 0 Å². The van der Waals surface area contributed by atoms with Crippen molar-refractivity contribution in [1.29, 1.82) is 0 Å². The molecule has 2 aromatic rings. The Morgan fingerprint density at radius 1 is 1.20 bits per heavy atom. The van der Waals surface area contributed by atoms with Crippen LogP contribution in [0, 0.1) is 0 Å². The Kier molecular flexibility index (Phi) is 7.25. The number of benzene rings is 2. The number of rotatable bonds is 5. The van der Waals surface area contributed by atoms with E-state index in [-0.39, 0.29) is 18.3 Å². The van der Waals surface area contributed by atoms with Gasteiger partial charge < -0.3 is 15.4 Å². The zero-order valence-corrected chi connectivity index (χ0v) is 15.1. The van der Waals surface area contributed by atoms with Crippen molar-refractivity contribution in [2.75, 3.05) is 31.5 Å². The number of nitrogens with zero attached hydrogens (tertiary/aromatic N) is 1. The Morgan fingerprint density at radius 2 is 1.96 bits per heavy atom. The molecule has 1 aliphatic rings. The zero-order valence-electron chi connectivity index (χ0n) is 14.3. The van der Waals surface area contributed by atoms with E-state index in [2.05, 4.69) is 22.5 Å². The van der Waals surface area contributed by atoms with Crippen LogP contribution in [0.5, 0.6) is 11.5 Å². The number of hydrogen-bond donors (Lipinski definition) is 2. The summed E-state index contributed by atoms with van der Waals surface area (Å²) < 4.78 is 5.80. The van der Waals surface area contributed by atoms with E-state index in [9.17, 15) is 4.79 Å². The first-order valence-electron chi connectivity index (χ1n) is 8.28. The van der Waals surface area contributed by atoms with E-state index in [1.807, 2.05) is 54.6 Å². The van der Waals surface area contributed by atoms with E-state index in [1.165, 1.54) is 0 Å². The summed E-state index contributed by atoms with van der Waals surface area (Å²) in [4.78, 5) is 14.5. The first kappa shape index (κ1) is 19.2. The second-order valence-electron chi connectivity index (χ2n) is 6.01. The minimum Gasteiger partial charge on any atom is -0.457 e. The molecule has 134 valence electrons. The Morgan fingerprint density at radius 3 is 2.72 bits per heavy atom. The molecule has 0 aliphatic carbocycles. The Labute approximate surface area is 154 Å². The van der Waals surface area contributed by atoms with Gasteiger partial charge in [-0.3, -0.25) is 9.69 Å². The van der Waals surface area contributed by atoms with E-state index < -0.39 is 0 Å². The maximum absolute atomic E-state index is 12.3. The van der Waals surface area contributed by atoms with Gasteiger partial charge >= 0.3 is 0 Å². The third-order valence-electron chi connectivity index (χ3n) is 4.08. The average Bonchev–Trinajstić information content (AvgIpc) is 2.58. The molecule has 5 nitrogen and oxygen atoms in total. The Hall–Kier alpha value is -2.08. The van der Waals surface area contributed by atoms with Crippen molar-refractivity contribution >= 4 is 24.0 Å². The van der Waals surface area contributed by atoms with Crippen LogP contribution in [0.4, 0.5) is 5.69 Å². The summed E-state index contributed by atoms with van der Waals surface area (Å²) in [6.07, 6.45) is 0. The van der Waals surface area contributed by atoms with E-state index in [0.29, 0.717) is 18.3 Å². The lowest BCUT2D eigenvalue weighted by Gasteiger charge is -2.33. The Bertz CT molecular complexity index is 681. The van der Waals surface area contributed by atoms with Gasteiger partial charge in [0, 0.05) is 37.4 Å². The smallest absolute Gasteiger partial charge is 0.238 e. The van der Waals surface area contributed by atoms with Gasteiger partial charge in [-0.2, -0.15) is 0 Å². The van der Waals surface area contributed by atoms with Crippen molar-refractivity contribution in [3.05, 3.63) is 54.6 Å². The van der Waals surface area contributed by atoms with Crippen LogP contribution in [0.25, 0.3) is 0 Å². The molecule has 0 saturated carbocycles. The lowest BCUT2D eigenvalue weighted by atomic mass is 10.2. The third-order valence-corrected chi connectivity index (χ3v) is 4.08. The molecule has 1 saturated heterocycles. The molecule has 1 heterocycles. The highest BCUT2D eigenvalue weighted by Crippen LogP contribution is 2.23. The quantitative estimate of drug-likeness (QED) is 0.859. The largest absolute Gasteiger partial charge is 0.457 e.